The zero-order valence-electron chi connectivity index (χ0n) is 16.9. The molecule has 0 atom stereocenters. The molecule has 30 heavy (non-hydrogen) atoms. The molecule has 5 rings (SSSR count). The molecule has 2 fully saturated rings. The number of furan rings is 1. The Kier molecular flexibility index (Phi) is 5.36. The number of piperidine rings is 1. The summed E-state index contributed by atoms with van der Waals surface area (Å²) in [6.07, 6.45) is 4.87. The maximum absolute atomic E-state index is 12.7. The van der Waals surface area contributed by atoms with Crippen molar-refractivity contribution in [3.63, 3.8) is 0 Å². The van der Waals surface area contributed by atoms with E-state index < -0.39 is 0 Å². The minimum atomic E-state index is 0.186. The Balaban J connectivity index is 1.05. The zero-order valence-corrected chi connectivity index (χ0v) is 16.9. The van der Waals surface area contributed by atoms with Crippen molar-refractivity contribution in [2.75, 3.05) is 32.7 Å². The minimum Gasteiger partial charge on any atom is -0.461 e. The first-order valence-corrected chi connectivity index (χ1v) is 10.7. The lowest BCUT2D eigenvalue weighted by Crippen LogP contribution is -2.51. The number of nitrogens with zero attached hydrogens (tertiary/aromatic N) is 4. The summed E-state index contributed by atoms with van der Waals surface area (Å²) in [5, 5.41) is 3.98. The molecular weight excluding hydrogens is 380 g/mol. The van der Waals surface area contributed by atoms with Gasteiger partial charge < -0.3 is 13.8 Å². The molecule has 0 N–H and O–H groups in total. The van der Waals surface area contributed by atoms with Gasteiger partial charge in [-0.15, -0.1) is 0 Å². The Bertz CT molecular complexity index is 956. The van der Waals surface area contributed by atoms with Gasteiger partial charge >= 0.3 is 0 Å². The minimum absolute atomic E-state index is 0.186. The Morgan fingerprint density at radius 3 is 2.60 bits per heavy atom. The molecule has 4 heterocycles. The van der Waals surface area contributed by atoms with Gasteiger partial charge in [0, 0.05) is 26.2 Å². The van der Waals surface area contributed by atoms with Crippen molar-refractivity contribution in [1.29, 1.82) is 0 Å². The van der Waals surface area contributed by atoms with Gasteiger partial charge in [0.1, 0.15) is 0 Å². The van der Waals surface area contributed by atoms with Crippen molar-refractivity contribution in [1.82, 2.24) is 19.9 Å². The average molecular weight is 406 g/mol. The standard InChI is InChI=1S/C23H26N4O3/c28-21(27-10-8-18(9-11-27)13-17-5-2-1-3-6-17)16-26-14-19(15-26)23-24-22(25-30-23)20-7-4-12-29-20/h1-7,12,18-19H,8-11,13-16H2. The SMILES string of the molecule is O=C(CN1CC(c2nc(-c3ccco3)no2)C1)N1CCC(Cc2ccccc2)CC1. The van der Waals surface area contributed by atoms with E-state index in [-0.39, 0.29) is 11.8 Å². The topological polar surface area (TPSA) is 75.6 Å². The second kappa shape index (κ2) is 8.44. The number of carbonyl (C=O) groups is 1. The van der Waals surface area contributed by atoms with Crippen LogP contribution >= 0.6 is 0 Å². The summed E-state index contributed by atoms with van der Waals surface area (Å²) >= 11 is 0. The fraction of sp³-hybridized carbons (Fsp3) is 0.435. The first-order chi connectivity index (χ1) is 14.7. The molecule has 156 valence electrons. The molecule has 2 aliphatic rings. The van der Waals surface area contributed by atoms with Crippen LogP contribution in [-0.2, 0) is 11.2 Å². The van der Waals surface area contributed by atoms with E-state index in [1.165, 1.54) is 5.56 Å². The lowest BCUT2D eigenvalue weighted by atomic mass is 9.90. The first kappa shape index (κ1) is 19.1. The second-order valence-electron chi connectivity index (χ2n) is 8.34. The number of carbonyl (C=O) groups excluding carboxylic acids is 1. The highest BCUT2D eigenvalue weighted by atomic mass is 16.5. The quantitative estimate of drug-likeness (QED) is 0.626. The van der Waals surface area contributed by atoms with Gasteiger partial charge in [-0.25, -0.2) is 0 Å². The molecule has 2 aromatic heterocycles. The number of amides is 1. The molecule has 7 nitrogen and oxygen atoms in total. The van der Waals surface area contributed by atoms with Crippen molar-refractivity contribution in [3.8, 4) is 11.6 Å². The monoisotopic (exact) mass is 406 g/mol. The fourth-order valence-corrected chi connectivity index (χ4v) is 4.39. The molecule has 0 radical (unpaired) electrons. The maximum Gasteiger partial charge on any atom is 0.238 e. The maximum atomic E-state index is 12.7. The third-order valence-corrected chi connectivity index (χ3v) is 6.18. The van der Waals surface area contributed by atoms with Gasteiger partial charge in [0.05, 0.1) is 18.7 Å². The van der Waals surface area contributed by atoms with Crippen LogP contribution in [0.4, 0.5) is 0 Å². The summed E-state index contributed by atoms with van der Waals surface area (Å²) in [4.78, 5) is 21.3. The van der Waals surface area contributed by atoms with Gasteiger partial charge in [0.15, 0.2) is 5.76 Å². The Labute approximate surface area is 175 Å². The average Bonchev–Trinajstić information content (AvgIpc) is 3.43. The van der Waals surface area contributed by atoms with E-state index in [0.29, 0.717) is 29.9 Å². The third-order valence-electron chi connectivity index (χ3n) is 6.18. The highest BCUT2D eigenvalue weighted by molar-refractivity contribution is 5.78. The predicted octanol–water partition coefficient (Wildman–Crippen LogP) is 3.21. The number of benzene rings is 1. The summed E-state index contributed by atoms with van der Waals surface area (Å²) in [5.74, 6) is 2.78. The molecule has 2 aliphatic heterocycles. The van der Waals surface area contributed by atoms with Crippen LogP contribution in [0.3, 0.4) is 0 Å². The molecule has 0 saturated carbocycles. The number of aromatic nitrogens is 2. The van der Waals surface area contributed by atoms with Gasteiger partial charge in [-0.05, 0) is 42.9 Å². The van der Waals surface area contributed by atoms with Crippen molar-refractivity contribution < 1.29 is 13.7 Å². The lowest BCUT2D eigenvalue weighted by Gasteiger charge is -2.39. The van der Waals surface area contributed by atoms with Crippen LogP contribution < -0.4 is 0 Å². The van der Waals surface area contributed by atoms with Crippen LogP contribution in [-0.4, -0.2) is 58.6 Å². The van der Waals surface area contributed by atoms with E-state index in [1.807, 2.05) is 11.0 Å². The summed E-state index contributed by atoms with van der Waals surface area (Å²) < 4.78 is 10.7. The van der Waals surface area contributed by atoms with Crippen LogP contribution in [0.25, 0.3) is 11.6 Å². The van der Waals surface area contributed by atoms with E-state index in [1.54, 1.807) is 12.3 Å². The Morgan fingerprint density at radius 1 is 1.07 bits per heavy atom. The molecule has 0 aliphatic carbocycles. The predicted molar refractivity (Wildman–Crippen MR) is 111 cm³/mol. The van der Waals surface area contributed by atoms with Crippen LogP contribution in [0.15, 0.2) is 57.7 Å². The van der Waals surface area contributed by atoms with Crippen molar-refractivity contribution in [3.05, 3.63) is 60.2 Å². The van der Waals surface area contributed by atoms with E-state index in [0.717, 1.165) is 45.4 Å². The van der Waals surface area contributed by atoms with E-state index in [2.05, 4.69) is 45.4 Å². The summed E-state index contributed by atoms with van der Waals surface area (Å²) in [6.45, 7) is 3.75. The third kappa shape index (κ3) is 4.16. The number of hydrogen-bond donors (Lipinski definition) is 0. The van der Waals surface area contributed by atoms with E-state index in [4.69, 9.17) is 8.94 Å². The second-order valence-corrected chi connectivity index (χ2v) is 8.34. The molecule has 1 aromatic carbocycles. The van der Waals surface area contributed by atoms with Gasteiger partial charge in [0.25, 0.3) is 0 Å². The van der Waals surface area contributed by atoms with Crippen molar-refractivity contribution in [2.45, 2.75) is 25.2 Å². The van der Waals surface area contributed by atoms with E-state index >= 15 is 0 Å². The van der Waals surface area contributed by atoms with Crippen LogP contribution in [0, 0.1) is 5.92 Å². The van der Waals surface area contributed by atoms with Gasteiger partial charge in [-0.3, -0.25) is 9.69 Å². The molecule has 0 unspecified atom stereocenters. The fourth-order valence-electron chi connectivity index (χ4n) is 4.39. The molecule has 0 spiro atoms. The zero-order chi connectivity index (χ0) is 20.3. The molecule has 7 heteroatoms. The number of likely N-dealkylation sites (tertiary alicyclic amines) is 2. The van der Waals surface area contributed by atoms with Crippen molar-refractivity contribution >= 4 is 5.91 Å². The molecule has 2 saturated heterocycles. The summed E-state index contributed by atoms with van der Waals surface area (Å²) in [6, 6.07) is 14.2. The molecule has 0 bridgehead atoms. The normalized spacial score (nSPS) is 18.5. The van der Waals surface area contributed by atoms with Crippen LogP contribution in [0.5, 0.6) is 0 Å². The van der Waals surface area contributed by atoms with Crippen LogP contribution in [0.1, 0.15) is 30.2 Å². The first-order valence-electron chi connectivity index (χ1n) is 10.7. The van der Waals surface area contributed by atoms with Gasteiger partial charge in [-0.2, -0.15) is 4.98 Å². The summed E-state index contributed by atoms with van der Waals surface area (Å²) in [7, 11) is 0. The smallest absolute Gasteiger partial charge is 0.238 e. The van der Waals surface area contributed by atoms with Gasteiger partial charge in [-0.1, -0.05) is 35.5 Å². The largest absolute Gasteiger partial charge is 0.461 e. The number of rotatable bonds is 6. The van der Waals surface area contributed by atoms with Crippen molar-refractivity contribution in [2.24, 2.45) is 5.92 Å². The molecular formula is C23H26N4O3. The Hall–Kier alpha value is -2.93. The highest BCUT2D eigenvalue weighted by Gasteiger charge is 2.35. The highest BCUT2D eigenvalue weighted by Crippen LogP contribution is 2.28. The molecule has 3 aromatic rings. The lowest BCUT2D eigenvalue weighted by molar-refractivity contribution is -0.135. The summed E-state index contributed by atoms with van der Waals surface area (Å²) in [5.41, 5.74) is 1.39. The molecule has 1 amide bonds. The Morgan fingerprint density at radius 2 is 1.87 bits per heavy atom. The van der Waals surface area contributed by atoms with Gasteiger partial charge in [0.2, 0.25) is 17.6 Å². The van der Waals surface area contributed by atoms with E-state index in [9.17, 15) is 4.79 Å². The number of hydrogen-bond acceptors (Lipinski definition) is 6. The van der Waals surface area contributed by atoms with Crippen LogP contribution in [0.2, 0.25) is 0 Å².